The number of benzene rings is 3. The molecular formula is C42H48N6O7. The third-order valence-corrected chi connectivity index (χ3v) is 9.86. The molecule has 1 aromatic heterocycles. The van der Waals surface area contributed by atoms with Crippen LogP contribution in [0.15, 0.2) is 79.0 Å². The van der Waals surface area contributed by atoms with E-state index in [4.69, 9.17) is 14.5 Å². The van der Waals surface area contributed by atoms with Gasteiger partial charge < -0.3 is 30.0 Å². The molecule has 3 aromatic carbocycles. The van der Waals surface area contributed by atoms with Crippen LogP contribution in [-0.4, -0.2) is 81.4 Å². The molecule has 288 valence electrons. The highest BCUT2D eigenvalue weighted by Crippen LogP contribution is 2.36. The number of ketones is 1. The molecule has 3 N–H and O–H groups in total. The van der Waals surface area contributed by atoms with Crippen LogP contribution in [0.2, 0.25) is 0 Å². The summed E-state index contributed by atoms with van der Waals surface area (Å²) in [6, 6.07) is 20.6. The van der Waals surface area contributed by atoms with Gasteiger partial charge in [0, 0.05) is 23.9 Å². The van der Waals surface area contributed by atoms with Crippen molar-refractivity contribution in [1.82, 2.24) is 30.4 Å². The van der Waals surface area contributed by atoms with E-state index in [2.05, 4.69) is 15.6 Å². The van der Waals surface area contributed by atoms with Crippen LogP contribution >= 0.6 is 0 Å². The lowest BCUT2D eigenvalue weighted by atomic mass is 10.0. The van der Waals surface area contributed by atoms with Gasteiger partial charge >= 0.3 is 12.2 Å². The fraction of sp³-hybridized carbons (Fsp3) is 0.381. The highest BCUT2D eigenvalue weighted by molar-refractivity contribution is 6.00. The topological polar surface area (TPSA) is 163 Å². The number of aromatic amines is 1. The molecule has 0 bridgehead atoms. The lowest BCUT2D eigenvalue weighted by Crippen LogP contribution is -2.51. The molecule has 13 heteroatoms. The summed E-state index contributed by atoms with van der Waals surface area (Å²) in [5.74, 6) is -0.308. The number of amides is 4. The van der Waals surface area contributed by atoms with Gasteiger partial charge in [-0.15, -0.1) is 0 Å². The van der Waals surface area contributed by atoms with Gasteiger partial charge in [-0.05, 0) is 61.8 Å². The third kappa shape index (κ3) is 8.72. The Morgan fingerprint density at radius 3 is 2.22 bits per heavy atom. The first-order valence-electron chi connectivity index (χ1n) is 18.5. The monoisotopic (exact) mass is 748 g/mol. The number of fused-ring (bicyclic) bond motifs is 1. The second kappa shape index (κ2) is 16.2. The Kier molecular flexibility index (Phi) is 11.4. The molecule has 0 saturated carbocycles. The van der Waals surface area contributed by atoms with Crippen molar-refractivity contribution in [1.29, 1.82) is 0 Å². The number of rotatable bonds is 10. The van der Waals surface area contributed by atoms with Crippen molar-refractivity contribution in [2.24, 2.45) is 5.92 Å². The number of imidazole rings is 1. The minimum Gasteiger partial charge on any atom is -0.453 e. The normalized spacial score (nSPS) is 17.1. The summed E-state index contributed by atoms with van der Waals surface area (Å²) in [6.07, 6.45) is 2.18. The van der Waals surface area contributed by atoms with E-state index in [1.807, 2.05) is 80.7 Å². The maximum Gasteiger partial charge on any atom is 0.411 e. The second-order valence-corrected chi connectivity index (χ2v) is 15.2. The van der Waals surface area contributed by atoms with Gasteiger partial charge in [-0.1, -0.05) is 86.6 Å². The van der Waals surface area contributed by atoms with E-state index in [0.717, 1.165) is 40.8 Å². The maximum atomic E-state index is 13.5. The highest BCUT2D eigenvalue weighted by atomic mass is 16.6. The third-order valence-electron chi connectivity index (χ3n) is 9.86. The molecule has 13 nitrogen and oxygen atoms in total. The summed E-state index contributed by atoms with van der Waals surface area (Å²) in [4.78, 5) is 76.3. The second-order valence-electron chi connectivity index (χ2n) is 15.2. The largest absolute Gasteiger partial charge is 0.453 e. The number of hydrogen-bond acceptors (Lipinski definition) is 8. The number of carbonyl (C=O) groups excluding carboxylic acids is 5. The first-order chi connectivity index (χ1) is 26.2. The quantitative estimate of drug-likeness (QED) is 0.153. The van der Waals surface area contributed by atoms with Crippen LogP contribution in [-0.2, 0) is 25.6 Å². The smallest absolute Gasteiger partial charge is 0.411 e. The Balaban J connectivity index is 1.07. The molecule has 2 aliphatic heterocycles. The number of Topliss-reactive ketones (excluding diaryl/α,β-unsaturated/α-hetero) is 1. The molecule has 1 saturated heterocycles. The Bertz CT molecular complexity index is 2050. The molecule has 55 heavy (non-hydrogen) atoms. The molecule has 1 fully saturated rings. The van der Waals surface area contributed by atoms with E-state index < -0.39 is 35.8 Å². The van der Waals surface area contributed by atoms with Crippen molar-refractivity contribution < 1.29 is 33.4 Å². The van der Waals surface area contributed by atoms with Crippen LogP contribution in [0.25, 0.3) is 22.4 Å². The molecule has 2 aliphatic rings. The zero-order valence-corrected chi connectivity index (χ0v) is 32.0. The van der Waals surface area contributed by atoms with E-state index in [9.17, 15) is 24.0 Å². The van der Waals surface area contributed by atoms with Crippen molar-refractivity contribution in [2.75, 3.05) is 20.2 Å². The Morgan fingerprint density at radius 1 is 0.909 bits per heavy atom. The number of alkyl carbamates (subject to hydrolysis) is 1. The van der Waals surface area contributed by atoms with Crippen LogP contribution in [0.5, 0.6) is 0 Å². The number of aromatic nitrogens is 2. The van der Waals surface area contributed by atoms with Gasteiger partial charge in [-0.2, -0.15) is 0 Å². The molecule has 4 amide bonds. The minimum absolute atomic E-state index is 0.121. The summed E-state index contributed by atoms with van der Waals surface area (Å²) >= 11 is 0. The van der Waals surface area contributed by atoms with Crippen molar-refractivity contribution in [3.63, 3.8) is 0 Å². The average molecular weight is 749 g/mol. The summed E-state index contributed by atoms with van der Waals surface area (Å²) in [5, 5.41) is 5.42. The molecule has 4 aromatic rings. The molecule has 3 atom stereocenters. The fourth-order valence-corrected chi connectivity index (χ4v) is 7.06. The predicted octanol–water partition coefficient (Wildman–Crippen LogP) is 6.58. The van der Waals surface area contributed by atoms with Crippen molar-refractivity contribution in [2.45, 2.75) is 77.7 Å². The highest BCUT2D eigenvalue weighted by Gasteiger charge is 2.41. The molecule has 0 aliphatic carbocycles. The summed E-state index contributed by atoms with van der Waals surface area (Å²) < 4.78 is 10.3. The van der Waals surface area contributed by atoms with Gasteiger partial charge in [-0.25, -0.2) is 14.6 Å². The van der Waals surface area contributed by atoms with Gasteiger partial charge in [0.2, 0.25) is 11.8 Å². The van der Waals surface area contributed by atoms with Gasteiger partial charge in [0.05, 0.1) is 31.9 Å². The van der Waals surface area contributed by atoms with Gasteiger partial charge in [-0.3, -0.25) is 19.3 Å². The van der Waals surface area contributed by atoms with Gasteiger partial charge in [0.15, 0.2) is 5.78 Å². The van der Waals surface area contributed by atoms with Crippen molar-refractivity contribution >= 4 is 29.8 Å². The van der Waals surface area contributed by atoms with Crippen LogP contribution in [0.3, 0.4) is 0 Å². The number of methoxy groups -OCH3 is 1. The van der Waals surface area contributed by atoms with E-state index in [0.29, 0.717) is 23.5 Å². The van der Waals surface area contributed by atoms with E-state index in [-0.39, 0.29) is 36.7 Å². The summed E-state index contributed by atoms with van der Waals surface area (Å²) in [5.41, 5.74) is 4.77. The van der Waals surface area contributed by atoms with Crippen LogP contribution in [0.4, 0.5) is 9.59 Å². The van der Waals surface area contributed by atoms with Gasteiger partial charge in [0.25, 0.3) is 0 Å². The zero-order valence-electron chi connectivity index (χ0n) is 32.0. The van der Waals surface area contributed by atoms with Gasteiger partial charge in [0.1, 0.15) is 23.5 Å². The number of H-pyrrole nitrogens is 1. The molecule has 0 radical (unpaired) electrons. The molecular weight excluding hydrogens is 700 g/mol. The summed E-state index contributed by atoms with van der Waals surface area (Å²) in [7, 11) is 1.28. The zero-order chi connectivity index (χ0) is 39.4. The Labute approximate surface area is 320 Å². The number of ether oxygens (including phenoxy) is 2. The van der Waals surface area contributed by atoms with Crippen LogP contribution in [0, 0.1) is 5.92 Å². The first kappa shape index (κ1) is 38.7. The Morgan fingerprint density at radius 2 is 1.56 bits per heavy atom. The van der Waals surface area contributed by atoms with E-state index in [1.165, 1.54) is 12.0 Å². The molecule has 6 rings (SSSR count). The Hall–Kier alpha value is -5.98. The van der Waals surface area contributed by atoms with Crippen molar-refractivity contribution in [3.05, 3.63) is 102 Å². The van der Waals surface area contributed by atoms with Crippen LogP contribution in [0.1, 0.15) is 86.9 Å². The minimum atomic E-state index is -0.904. The van der Waals surface area contributed by atoms with Crippen molar-refractivity contribution in [3.8, 4) is 22.4 Å². The lowest BCUT2D eigenvalue weighted by Gasteiger charge is -2.29. The number of nitrogens with zero attached hydrogens (tertiary/aromatic N) is 3. The maximum absolute atomic E-state index is 13.5. The number of hydrogen-bond donors (Lipinski definition) is 3. The number of likely N-dealkylation sites (tertiary alicyclic amines) is 1. The fourth-order valence-electron chi connectivity index (χ4n) is 7.06. The van der Waals surface area contributed by atoms with Crippen LogP contribution < -0.4 is 10.6 Å². The summed E-state index contributed by atoms with van der Waals surface area (Å²) in [6.45, 7) is 9.67. The average Bonchev–Trinajstić information content (AvgIpc) is 3.94. The standard InChI is InChI=1S/C42H48N6O7/c1-25(2)35(46-40(52)54-6)39(51)47-21-9-12-33(47)37-43-22-32(45-37)28-17-13-26(14-18-28)27-15-19-29(20-16-27)34(49)23-44-38(50)36-31-11-8-7-10-30(31)24-48(36)41(53)55-42(3,4)5/h7-8,10-11,13-20,22,25,33,35-36H,9,12,21,23-24H2,1-6H3,(H,43,45)(H,44,50)(H,46,52)/t33-,35-,36?/m0/s1. The van der Waals surface area contributed by atoms with E-state index >= 15 is 0 Å². The molecule has 3 heterocycles. The van der Waals surface area contributed by atoms with E-state index in [1.54, 1.807) is 37.8 Å². The lowest BCUT2D eigenvalue weighted by molar-refractivity contribution is -0.135. The first-order valence-corrected chi connectivity index (χ1v) is 18.5. The number of nitrogens with one attached hydrogen (secondary N) is 3. The predicted molar refractivity (Wildman–Crippen MR) is 206 cm³/mol. The SMILES string of the molecule is COC(=O)N[C@H](C(=O)N1CCC[C@H]1c1nc(-c2ccc(-c3ccc(C(=O)CNC(=O)C4c5ccccc5CN4C(=O)OC(C)(C)C)cc3)cc2)c[nH]1)C(C)C. The molecule has 1 unspecified atom stereocenters. The number of carbonyl (C=O) groups is 5. The molecule has 0 spiro atoms.